The molecular weight excluding hydrogens is 295 g/mol. The Labute approximate surface area is 128 Å². The van der Waals surface area contributed by atoms with Crippen molar-refractivity contribution in [2.75, 3.05) is 0 Å². The molecule has 0 aliphatic heterocycles. The molecule has 0 aliphatic carbocycles. The SMILES string of the molecule is CC(C)NCc1cc(Cl)ccc1Oc1cncc(Cl)c1. The smallest absolute Gasteiger partial charge is 0.147 e. The van der Waals surface area contributed by atoms with Gasteiger partial charge < -0.3 is 10.1 Å². The minimum absolute atomic E-state index is 0.384. The molecule has 2 rings (SSSR count). The van der Waals surface area contributed by atoms with E-state index in [1.165, 1.54) is 0 Å². The maximum atomic E-state index is 6.04. The lowest BCUT2D eigenvalue weighted by atomic mass is 10.2. The maximum Gasteiger partial charge on any atom is 0.147 e. The highest BCUT2D eigenvalue weighted by Gasteiger charge is 2.07. The third-order valence-corrected chi connectivity index (χ3v) is 3.07. The molecule has 0 spiro atoms. The monoisotopic (exact) mass is 310 g/mol. The zero-order chi connectivity index (χ0) is 14.5. The van der Waals surface area contributed by atoms with Crippen molar-refractivity contribution < 1.29 is 4.74 Å². The Morgan fingerprint density at radius 2 is 1.95 bits per heavy atom. The molecule has 1 aromatic heterocycles. The average Bonchev–Trinajstić information content (AvgIpc) is 2.39. The summed E-state index contributed by atoms with van der Waals surface area (Å²) in [5.74, 6) is 1.34. The number of benzene rings is 1. The molecule has 0 radical (unpaired) electrons. The fraction of sp³-hybridized carbons (Fsp3) is 0.267. The number of hydrogen-bond donors (Lipinski definition) is 1. The van der Waals surface area contributed by atoms with Crippen molar-refractivity contribution in [3.8, 4) is 11.5 Å². The minimum Gasteiger partial charge on any atom is -0.455 e. The predicted molar refractivity (Wildman–Crippen MR) is 82.7 cm³/mol. The number of rotatable bonds is 5. The average molecular weight is 311 g/mol. The van der Waals surface area contributed by atoms with Crippen molar-refractivity contribution in [3.63, 3.8) is 0 Å². The normalized spacial score (nSPS) is 10.8. The van der Waals surface area contributed by atoms with Gasteiger partial charge in [-0.1, -0.05) is 37.0 Å². The molecular formula is C15H16Cl2N2O. The number of halogens is 2. The first-order valence-corrected chi connectivity index (χ1v) is 7.10. The van der Waals surface area contributed by atoms with Crippen LogP contribution < -0.4 is 10.1 Å². The molecule has 106 valence electrons. The maximum absolute atomic E-state index is 6.04. The largest absolute Gasteiger partial charge is 0.455 e. The van der Waals surface area contributed by atoms with Crippen molar-refractivity contribution in [2.45, 2.75) is 26.4 Å². The lowest BCUT2D eigenvalue weighted by molar-refractivity contribution is 0.467. The van der Waals surface area contributed by atoms with Gasteiger partial charge >= 0.3 is 0 Å². The predicted octanol–water partition coefficient (Wildman–Crippen LogP) is 4.68. The first-order chi connectivity index (χ1) is 9.54. The number of hydrogen-bond acceptors (Lipinski definition) is 3. The van der Waals surface area contributed by atoms with Gasteiger partial charge in [0.1, 0.15) is 11.5 Å². The quantitative estimate of drug-likeness (QED) is 0.870. The molecule has 1 heterocycles. The Bertz CT molecular complexity index is 588. The van der Waals surface area contributed by atoms with Crippen LogP contribution in [0.15, 0.2) is 36.7 Å². The van der Waals surface area contributed by atoms with Gasteiger partial charge in [-0.25, -0.2) is 0 Å². The highest BCUT2D eigenvalue weighted by molar-refractivity contribution is 6.30. The molecule has 0 amide bonds. The molecule has 0 saturated heterocycles. The van der Waals surface area contributed by atoms with Crippen LogP contribution in [0, 0.1) is 0 Å². The molecule has 0 bridgehead atoms. The molecule has 1 N–H and O–H groups in total. The van der Waals surface area contributed by atoms with Crippen molar-refractivity contribution in [3.05, 3.63) is 52.3 Å². The van der Waals surface area contributed by atoms with Crippen LogP contribution in [0.3, 0.4) is 0 Å². The summed E-state index contributed by atoms with van der Waals surface area (Å²) in [5, 5.41) is 4.57. The summed E-state index contributed by atoms with van der Waals surface area (Å²) in [5.41, 5.74) is 0.992. The number of nitrogens with zero attached hydrogens (tertiary/aromatic N) is 1. The van der Waals surface area contributed by atoms with Crippen molar-refractivity contribution in [1.82, 2.24) is 10.3 Å². The third-order valence-electron chi connectivity index (χ3n) is 2.63. The van der Waals surface area contributed by atoms with Crippen LogP contribution in [0.2, 0.25) is 10.0 Å². The molecule has 5 heteroatoms. The summed E-state index contributed by atoms with van der Waals surface area (Å²) in [7, 11) is 0. The molecule has 20 heavy (non-hydrogen) atoms. The Morgan fingerprint density at radius 1 is 1.15 bits per heavy atom. The van der Waals surface area contributed by atoms with Gasteiger partial charge in [-0.2, -0.15) is 0 Å². The highest BCUT2D eigenvalue weighted by atomic mass is 35.5. The van der Waals surface area contributed by atoms with E-state index in [1.807, 2.05) is 12.1 Å². The van der Waals surface area contributed by atoms with E-state index in [2.05, 4.69) is 24.1 Å². The van der Waals surface area contributed by atoms with Gasteiger partial charge in [-0.3, -0.25) is 4.98 Å². The molecule has 0 aliphatic rings. The first-order valence-electron chi connectivity index (χ1n) is 6.35. The zero-order valence-corrected chi connectivity index (χ0v) is 12.9. The van der Waals surface area contributed by atoms with Crippen LogP contribution in [-0.2, 0) is 6.54 Å². The summed E-state index contributed by atoms with van der Waals surface area (Å²) in [6.07, 6.45) is 3.19. The second kappa shape index (κ2) is 6.93. The Balaban J connectivity index is 2.21. The Morgan fingerprint density at radius 3 is 2.65 bits per heavy atom. The summed E-state index contributed by atoms with van der Waals surface area (Å²) in [6.45, 7) is 4.86. The molecule has 2 aromatic rings. The zero-order valence-electron chi connectivity index (χ0n) is 11.4. The molecule has 0 saturated carbocycles. The fourth-order valence-corrected chi connectivity index (χ4v) is 2.03. The van der Waals surface area contributed by atoms with E-state index in [4.69, 9.17) is 27.9 Å². The van der Waals surface area contributed by atoms with Gasteiger partial charge in [0, 0.05) is 35.4 Å². The number of ether oxygens (including phenoxy) is 1. The standard InChI is InChI=1S/C15H16Cl2N2O/c1-10(2)19-7-11-5-12(16)3-4-15(11)20-14-6-13(17)8-18-9-14/h3-6,8-10,19H,7H2,1-2H3. The van der Waals surface area contributed by atoms with Gasteiger partial charge in [-0.15, -0.1) is 0 Å². The van der Waals surface area contributed by atoms with Gasteiger partial charge in [0.25, 0.3) is 0 Å². The second-order valence-corrected chi connectivity index (χ2v) is 5.60. The van der Waals surface area contributed by atoms with E-state index in [9.17, 15) is 0 Å². The van der Waals surface area contributed by atoms with Gasteiger partial charge in [0.15, 0.2) is 0 Å². The van der Waals surface area contributed by atoms with Crippen LogP contribution in [0.25, 0.3) is 0 Å². The van der Waals surface area contributed by atoms with Gasteiger partial charge in [0.2, 0.25) is 0 Å². The highest BCUT2D eigenvalue weighted by Crippen LogP contribution is 2.28. The van der Waals surface area contributed by atoms with Crippen molar-refractivity contribution in [1.29, 1.82) is 0 Å². The number of aromatic nitrogens is 1. The van der Waals surface area contributed by atoms with E-state index < -0.39 is 0 Å². The van der Waals surface area contributed by atoms with Gasteiger partial charge in [0.05, 0.1) is 11.2 Å². The molecule has 0 fully saturated rings. The summed E-state index contributed by atoms with van der Waals surface area (Å²) in [4.78, 5) is 4.00. The fourth-order valence-electron chi connectivity index (χ4n) is 1.67. The Hall–Kier alpha value is -1.29. The number of pyridine rings is 1. The third kappa shape index (κ3) is 4.37. The van der Waals surface area contributed by atoms with Crippen LogP contribution in [0.5, 0.6) is 11.5 Å². The summed E-state index contributed by atoms with van der Waals surface area (Å²) < 4.78 is 5.83. The van der Waals surface area contributed by atoms with Crippen LogP contribution in [-0.4, -0.2) is 11.0 Å². The second-order valence-electron chi connectivity index (χ2n) is 4.73. The van der Waals surface area contributed by atoms with Crippen LogP contribution in [0.4, 0.5) is 0 Å². The molecule has 1 aromatic carbocycles. The van der Waals surface area contributed by atoms with E-state index in [0.717, 1.165) is 11.3 Å². The van der Waals surface area contributed by atoms with Gasteiger partial charge in [-0.05, 0) is 18.2 Å². The summed E-state index contributed by atoms with van der Waals surface area (Å²) in [6, 6.07) is 7.65. The van der Waals surface area contributed by atoms with Crippen molar-refractivity contribution in [2.24, 2.45) is 0 Å². The van der Waals surface area contributed by atoms with E-state index in [0.29, 0.717) is 28.4 Å². The lowest BCUT2D eigenvalue weighted by Crippen LogP contribution is -2.22. The van der Waals surface area contributed by atoms with Crippen molar-refractivity contribution >= 4 is 23.2 Å². The topological polar surface area (TPSA) is 34.1 Å². The first kappa shape index (κ1) is 15.1. The van der Waals surface area contributed by atoms with Crippen LogP contribution in [0.1, 0.15) is 19.4 Å². The van der Waals surface area contributed by atoms with Crippen LogP contribution >= 0.6 is 23.2 Å². The van der Waals surface area contributed by atoms with E-state index in [1.54, 1.807) is 24.5 Å². The molecule has 0 unspecified atom stereocenters. The van der Waals surface area contributed by atoms with E-state index >= 15 is 0 Å². The lowest BCUT2D eigenvalue weighted by Gasteiger charge is -2.14. The minimum atomic E-state index is 0.384. The number of nitrogens with one attached hydrogen (secondary N) is 1. The molecule has 3 nitrogen and oxygen atoms in total. The van der Waals surface area contributed by atoms with E-state index in [-0.39, 0.29) is 0 Å². The summed E-state index contributed by atoms with van der Waals surface area (Å²) >= 11 is 11.9. The Kier molecular flexibility index (Phi) is 5.24. The molecule has 0 atom stereocenters.